The summed E-state index contributed by atoms with van der Waals surface area (Å²) in [5.41, 5.74) is 9.38. The molecule has 1 fully saturated rings. The first-order valence-corrected chi connectivity index (χ1v) is 8.00. The highest BCUT2D eigenvalue weighted by Gasteiger charge is 2.44. The van der Waals surface area contributed by atoms with Crippen LogP contribution in [0.1, 0.15) is 36.4 Å². The lowest BCUT2D eigenvalue weighted by atomic mass is 9.59. The molecule has 3 heteroatoms. The summed E-state index contributed by atoms with van der Waals surface area (Å²) in [5.74, 6) is 0. The first-order chi connectivity index (χ1) is 8.74. The Labute approximate surface area is 120 Å². The fraction of sp³-hybridized carbons (Fsp3) is 0.333. The van der Waals surface area contributed by atoms with Gasteiger partial charge < -0.3 is 5.73 Å². The zero-order valence-electron chi connectivity index (χ0n) is 10.1. The summed E-state index contributed by atoms with van der Waals surface area (Å²) in [6.45, 7) is 0. The largest absolute Gasteiger partial charge is 0.323 e. The monoisotopic (exact) mass is 321 g/mol. The molecule has 0 amide bonds. The van der Waals surface area contributed by atoms with Gasteiger partial charge in [-0.2, -0.15) is 11.3 Å². The number of thiophene rings is 1. The third-order valence-electron chi connectivity index (χ3n) is 4.17. The van der Waals surface area contributed by atoms with Crippen molar-refractivity contribution in [3.05, 3.63) is 56.7 Å². The molecular weight excluding hydrogens is 306 g/mol. The van der Waals surface area contributed by atoms with Crippen LogP contribution in [0.15, 0.2) is 45.6 Å². The molecule has 18 heavy (non-hydrogen) atoms. The molecule has 1 aliphatic carbocycles. The summed E-state index contributed by atoms with van der Waals surface area (Å²) in [7, 11) is 0. The van der Waals surface area contributed by atoms with Crippen LogP contribution >= 0.6 is 27.3 Å². The molecule has 3 rings (SSSR count). The van der Waals surface area contributed by atoms with Gasteiger partial charge in [-0.25, -0.2) is 0 Å². The lowest BCUT2D eigenvalue weighted by Crippen LogP contribution is -2.44. The molecule has 1 saturated carbocycles. The third kappa shape index (κ3) is 1.85. The highest BCUT2D eigenvalue weighted by Crippen LogP contribution is 2.52. The van der Waals surface area contributed by atoms with E-state index < -0.39 is 0 Å². The van der Waals surface area contributed by atoms with E-state index in [1.165, 1.54) is 30.4 Å². The first kappa shape index (κ1) is 12.4. The molecule has 0 bridgehead atoms. The predicted molar refractivity (Wildman–Crippen MR) is 80.9 cm³/mol. The predicted octanol–water partition coefficient (Wildman–Crippen LogP) is 4.63. The Morgan fingerprint density at radius 3 is 2.39 bits per heavy atom. The molecule has 1 unspecified atom stereocenters. The SMILES string of the molecule is NC(c1cscc1Br)C1(c2ccccc2)CCC1. The number of halogens is 1. The van der Waals surface area contributed by atoms with Crippen LogP contribution in [0.2, 0.25) is 0 Å². The van der Waals surface area contributed by atoms with E-state index in [0.717, 1.165) is 4.47 Å². The molecule has 0 saturated heterocycles. The van der Waals surface area contributed by atoms with Gasteiger partial charge >= 0.3 is 0 Å². The van der Waals surface area contributed by atoms with Crippen LogP contribution in [0.3, 0.4) is 0 Å². The fourth-order valence-electron chi connectivity index (χ4n) is 2.92. The second-order valence-electron chi connectivity index (χ2n) is 5.03. The van der Waals surface area contributed by atoms with Gasteiger partial charge in [0.2, 0.25) is 0 Å². The van der Waals surface area contributed by atoms with Crippen molar-refractivity contribution in [2.45, 2.75) is 30.7 Å². The van der Waals surface area contributed by atoms with Gasteiger partial charge in [-0.1, -0.05) is 36.8 Å². The Hall–Kier alpha value is -0.640. The van der Waals surface area contributed by atoms with E-state index in [0.29, 0.717) is 0 Å². The molecule has 2 N–H and O–H groups in total. The molecule has 2 aromatic rings. The summed E-state index contributed by atoms with van der Waals surface area (Å²) >= 11 is 5.33. The summed E-state index contributed by atoms with van der Waals surface area (Å²) < 4.78 is 1.15. The van der Waals surface area contributed by atoms with Crippen LogP contribution in [0.5, 0.6) is 0 Å². The lowest BCUT2D eigenvalue weighted by molar-refractivity contribution is 0.196. The highest BCUT2D eigenvalue weighted by atomic mass is 79.9. The third-order valence-corrected chi connectivity index (χ3v) is 5.92. The topological polar surface area (TPSA) is 26.0 Å². The van der Waals surface area contributed by atoms with Crippen LogP contribution in [-0.4, -0.2) is 0 Å². The summed E-state index contributed by atoms with van der Waals surface area (Å²) in [4.78, 5) is 0. The van der Waals surface area contributed by atoms with Gasteiger partial charge in [-0.05, 0) is 45.3 Å². The standard InChI is InChI=1S/C15H16BrNS/c16-13-10-18-9-12(13)14(17)15(7-4-8-15)11-5-2-1-3-6-11/h1-3,5-6,9-10,14H,4,7-8,17H2. The van der Waals surface area contributed by atoms with Crippen molar-refractivity contribution in [1.82, 2.24) is 0 Å². The van der Waals surface area contributed by atoms with Crippen molar-refractivity contribution in [2.75, 3.05) is 0 Å². The van der Waals surface area contributed by atoms with Crippen molar-refractivity contribution >= 4 is 27.3 Å². The van der Waals surface area contributed by atoms with Crippen molar-refractivity contribution in [2.24, 2.45) is 5.73 Å². The van der Waals surface area contributed by atoms with Gasteiger partial charge in [0.15, 0.2) is 0 Å². The molecule has 1 atom stereocenters. The number of benzene rings is 1. The van der Waals surface area contributed by atoms with Gasteiger partial charge in [0.1, 0.15) is 0 Å². The molecule has 1 aromatic heterocycles. The molecule has 94 valence electrons. The molecule has 1 nitrogen and oxygen atoms in total. The normalized spacial score (nSPS) is 19.2. The van der Waals surface area contributed by atoms with Crippen LogP contribution in [0.4, 0.5) is 0 Å². The number of rotatable bonds is 3. The smallest absolute Gasteiger partial charge is 0.0412 e. The van der Waals surface area contributed by atoms with Gasteiger partial charge in [-0.3, -0.25) is 0 Å². The molecule has 0 aliphatic heterocycles. The van der Waals surface area contributed by atoms with Crippen LogP contribution in [-0.2, 0) is 5.41 Å². The number of hydrogen-bond acceptors (Lipinski definition) is 2. The highest BCUT2D eigenvalue weighted by molar-refractivity contribution is 9.10. The zero-order valence-corrected chi connectivity index (χ0v) is 12.5. The zero-order chi connectivity index (χ0) is 12.6. The maximum absolute atomic E-state index is 6.59. The van der Waals surface area contributed by atoms with E-state index in [-0.39, 0.29) is 11.5 Å². The molecular formula is C15H16BrNS. The van der Waals surface area contributed by atoms with E-state index in [4.69, 9.17) is 5.73 Å². The maximum atomic E-state index is 6.59. The lowest BCUT2D eigenvalue weighted by Gasteiger charge is -2.47. The maximum Gasteiger partial charge on any atom is 0.0412 e. The Morgan fingerprint density at radius 1 is 1.17 bits per heavy atom. The van der Waals surface area contributed by atoms with Gasteiger partial charge in [0.25, 0.3) is 0 Å². The van der Waals surface area contributed by atoms with Gasteiger partial charge in [-0.15, -0.1) is 0 Å². The van der Waals surface area contributed by atoms with E-state index in [2.05, 4.69) is 57.0 Å². The molecule has 0 radical (unpaired) electrons. The molecule has 1 aliphatic rings. The van der Waals surface area contributed by atoms with Crippen molar-refractivity contribution in [3.63, 3.8) is 0 Å². The average Bonchev–Trinajstić information content (AvgIpc) is 2.75. The minimum Gasteiger partial charge on any atom is -0.323 e. The Balaban J connectivity index is 2.00. The van der Waals surface area contributed by atoms with E-state index in [1.807, 2.05) is 0 Å². The van der Waals surface area contributed by atoms with Crippen molar-refractivity contribution in [1.29, 1.82) is 0 Å². The Kier molecular flexibility index (Phi) is 3.31. The number of hydrogen-bond donors (Lipinski definition) is 1. The summed E-state index contributed by atoms with van der Waals surface area (Å²) in [6.07, 6.45) is 3.67. The Morgan fingerprint density at radius 2 is 1.89 bits per heavy atom. The average molecular weight is 322 g/mol. The minimum atomic E-state index is 0.0919. The minimum absolute atomic E-state index is 0.0919. The number of nitrogens with two attached hydrogens (primary N) is 1. The summed E-state index contributed by atoms with van der Waals surface area (Å²) in [6, 6.07) is 10.8. The van der Waals surface area contributed by atoms with Crippen molar-refractivity contribution < 1.29 is 0 Å². The van der Waals surface area contributed by atoms with Gasteiger partial charge in [0.05, 0.1) is 0 Å². The van der Waals surface area contributed by atoms with Crippen molar-refractivity contribution in [3.8, 4) is 0 Å². The van der Waals surface area contributed by atoms with E-state index in [1.54, 1.807) is 11.3 Å². The fourth-order valence-corrected chi connectivity index (χ4v) is 4.50. The molecule has 1 aromatic carbocycles. The van der Waals surface area contributed by atoms with Crippen LogP contribution in [0, 0.1) is 0 Å². The molecule has 0 spiro atoms. The second kappa shape index (κ2) is 4.80. The van der Waals surface area contributed by atoms with Crippen LogP contribution in [0.25, 0.3) is 0 Å². The summed E-state index contributed by atoms with van der Waals surface area (Å²) in [5, 5.41) is 4.30. The van der Waals surface area contributed by atoms with Crippen LogP contribution < -0.4 is 5.73 Å². The Bertz CT molecular complexity index is 530. The van der Waals surface area contributed by atoms with E-state index in [9.17, 15) is 0 Å². The molecule has 1 heterocycles. The van der Waals surface area contributed by atoms with E-state index >= 15 is 0 Å². The first-order valence-electron chi connectivity index (χ1n) is 6.27. The van der Waals surface area contributed by atoms with Gasteiger partial charge in [0, 0.05) is 21.3 Å². The second-order valence-corrected chi connectivity index (χ2v) is 6.63. The quantitative estimate of drug-likeness (QED) is 0.876.